The molecule has 0 bridgehead atoms. The van der Waals surface area contributed by atoms with Gasteiger partial charge in [-0.15, -0.1) is 0 Å². The van der Waals surface area contributed by atoms with Gasteiger partial charge in [0.25, 0.3) is 0 Å². The van der Waals surface area contributed by atoms with Crippen molar-refractivity contribution in [3.8, 4) is 0 Å². The molecule has 0 spiro atoms. The van der Waals surface area contributed by atoms with E-state index in [1.54, 1.807) is 7.11 Å². The van der Waals surface area contributed by atoms with E-state index in [9.17, 15) is 0 Å². The first-order chi connectivity index (χ1) is 9.80. The second-order valence-corrected chi connectivity index (χ2v) is 5.19. The monoisotopic (exact) mass is 279 g/mol. The highest BCUT2D eigenvalue weighted by Gasteiger charge is 2.26. The number of hydrazine groups is 1. The minimum atomic E-state index is 0.247. The number of aromatic nitrogens is 3. The van der Waals surface area contributed by atoms with Gasteiger partial charge in [-0.05, 0) is 19.3 Å². The molecule has 0 aromatic carbocycles. The number of hydrogen-bond donors (Lipinski definition) is 2. The Morgan fingerprint density at radius 3 is 2.40 bits per heavy atom. The lowest BCUT2D eigenvalue weighted by molar-refractivity contribution is 0.121. The second-order valence-electron chi connectivity index (χ2n) is 5.19. The summed E-state index contributed by atoms with van der Waals surface area (Å²) in [6.07, 6.45) is 3.60. The van der Waals surface area contributed by atoms with Crippen molar-refractivity contribution in [2.75, 3.05) is 48.5 Å². The summed E-state index contributed by atoms with van der Waals surface area (Å²) in [4.78, 5) is 17.6. The van der Waals surface area contributed by atoms with Crippen LogP contribution in [0.1, 0.15) is 19.3 Å². The van der Waals surface area contributed by atoms with Gasteiger partial charge in [0, 0.05) is 33.3 Å². The lowest BCUT2D eigenvalue weighted by Crippen LogP contribution is -2.28. The molecule has 0 amide bonds. The van der Waals surface area contributed by atoms with Crippen molar-refractivity contribution >= 4 is 17.8 Å². The summed E-state index contributed by atoms with van der Waals surface area (Å²) in [5.74, 6) is 7.27. The zero-order valence-electron chi connectivity index (χ0n) is 11.7. The summed E-state index contributed by atoms with van der Waals surface area (Å²) in [5, 5.41) is 0. The molecule has 1 unspecified atom stereocenters. The standard InChI is InChI=1S/C12H21N7O/c1-20-9-4-7-19(8-9)12-15-10(17-13)14-11(16-12)18-5-2-3-6-18/h9H,2-8,13H2,1H3,(H,14,15,16,17). The molecular formula is C12H21N7O. The fourth-order valence-electron chi connectivity index (χ4n) is 2.72. The zero-order chi connectivity index (χ0) is 13.9. The quantitative estimate of drug-likeness (QED) is 0.587. The van der Waals surface area contributed by atoms with Gasteiger partial charge in [-0.2, -0.15) is 15.0 Å². The molecule has 0 aliphatic carbocycles. The van der Waals surface area contributed by atoms with E-state index in [0.29, 0.717) is 17.8 Å². The molecule has 2 saturated heterocycles. The van der Waals surface area contributed by atoms with Crippen LogP contribution in [0.15, 0.2) is 0 Å². The van der Waals surface area contributed by atoms with E-state index in [-0.39, 0.29) is 6.10 Å². The van der Waals surface area contributed by atoms with Crippen molar-refractivity contribution in [3.05, 3.63) is 0 Å². The van der Waals surface area contributed by atoms with Gasteiger partial charge in [0.2, 0.25) is 17.8 Å². The largest absolute Gasteiger partial charge is 0.380 e. The summed E-state index contributed by atoms with van der Waals surface area (Å²) in [5.41, 5.74) is 2.53. The van der Waals surface area contributed by atoms with E-state index < -0.39 is 0 Å². The highest BCUT2D eigenvalue weighted by Crippen LogP contribution is 2.23. The molecule has 8 heteroatoms. The van der Waals surface area contributed by atoms with Crippen molar-refractivity contribution in [2.24, 2.45) is 5.84 Å². The second kappa shape index (κ2) is 5.76. The van der Waals surface area contributed by atoms with Crippen LogP contribution in [0.25, 0.3) is 0 Å². The van der Waals surface area contributed by atoms with E-state index in [2.05, 4.69) is 30.2 Å². The van der Waals surface area contributed by atoms with Crippen molar-refractivity contribution in [3.63, 3.8) is 0 Å². The molecule has 2 aliphatic heterocycles. The molecule has 110 valence electrons. The molecular weight excluding hydrogens is 258 g/mol. The Morgan fingerprint density at radius 2 is 1.80 bits per heavy atom. The van der Waals surface area contributed by atoms with Crippen molar-refractivity contribution in [2.45, 2.75) is 25.4 Å². The highest BCUT2D eigenvalue weighted by atomic mass is 16.5. The van der Waals surface area contributed by atoms with Crippen LogP contribution in [0.5, 0.6) is 0 Å². The van der Waals surface area contributed by atoms with Crippen LogP contribution in [0, 0.1) is 0 Å². The fourth-order valence-corrected chi connectivity index (χ4v) is 2.72. The molecule has 3 heterocycles. The van der Waals surface area contributed by atoms with Gasteiger partial charge in [-0.1, -0.05) is 0 Å². The van der Waals surface area contributed by atoms with Crippen LogP contribution < -0.4 is 21.1 Å². The van der Waals surface area contributed by atoms with Crippen LogP contribution >= 0.6 is 0 Å². The Bertz CT molecular complexity index is 463. The van der Waals surface area contributed by atoms with E-state index >= 15 is 0 Å². The maximum absolute atomic E-state index is 5.47. The zero-order valence-corrected chi connectivity index (χ0v) is 11.7. The third kappa shape index (κ3) is 2.61. The van der Waals surface area contributed by atoms with Gasteiger partial charge < -0.3 is 14.5 Å². The summed E-state index contributed by atoms with van der Waals surface area (Å²) >= 11 is 0. The molecule has 1 aromatic heterocycles. The molecule has 1 aromatic rings. The number of hydrogen-bond acceptors (Lipinski definition) is 8. The number of methoxy groups -OCH3 is 1. The maximum Gasteiger partial charge on any atom is 0.243 e. The maximum atomic E-state index is 5.47. The van der Waals surface area contributed by atoms with Gasteiger partial charge in [0.1, 0.15) is 0 Å². The first-order valence-corrected chi connectivity index (χ1v) is 7.05. The highest BCUT2D eigenvalue weighted by molar-refractivity contribution is 5.45. The average Bonchev–Trinajstić information content (AvgIpc) is 3.17. The van der Waals surface area contributed by atoms with Crippen LogP contribution in [0.3, 0.4) is 0 Å². The van der Waals surface area contributed by atoms with E-state index in [1.807, 2.05) is 0 Å². The number of nitrogens with one attached hydrogen (secondary N) is 1. The third-order valence-corrected chi connectivity index (χ3v) is 3.89. The van der Waals surface area contributed by atoms with E-state index in [4.69, 9.17) is 10.6 Å². The first-order valence-electron chi connectivity index (χ1n) is 7.05. The van der Waals surface area contributed by atoms with Crippen LogP contribution in [0.4, 0.5) is 17.8 Å². The summed E-state index contributed by atoms with van der Waals surface area (Å²) in [6.45, 7) is 3.69. The van der Waals surface area contributed by atoms with Gasteiger partial charge in [0.15, 0.2) is 0 Å². The Morgan fingerprint density at radius 1 is 1.10 bits per heavy atom. The molecule has 0 radical (unpaired) electrons. The van der Waals surface area contributed by atoms with Crippen LogP contribution in [-0.2, 0) is 4.74 Å². The first kappa shape index (κ1) is 13.3. The molecule has 3 N–H and O–H groups in total. The lowest BCUT2D eigenvalue weighted by atomic mass is 10.3. The smallest absolute Gasteiger partial charge is 0.243 e. The summed E-state index contributed by atoms with van der Waals surface area (Å²) in [7, 11) is 1.74. The van der Waals surface area contributed by atoms with Gasteiger partial charge in [-0.3, -0.25) is 5.43 Å². The minimum Gasteiger partial charge on any atom is -0.380 e. The molecule has 2 aliphatic rings. The number of nitrogens with zero attached hydrogens (tertiary/aromatic N) is 5. The van der Waals surface area contributed by atoms with Crippen molar-refractivity contribution < 1.29 is 4.74 Å². The molecule has 20 heavy (non-hydrogen) atoms. The Kier molecular flexibility index (Phi) is 3.83. The normalized spacial score (nSPS) is 22.6. The van der Waals surface area contributed by atoms with Crippen molar-refractivity contribution in [1.82, 2.24) is 15.0 Å². The van der Waals surface area contributed by atoms with Gasteiger partial charge >= 0.3 is 0 Å². The number of anilines is 3. The SMILES string of the molecule is COC1CCN(c2nc(NN)nc(N3CCCC3)n2)C1. The van der Waals surface area contributed by atoms with Crippen molar-refractivity contribution in [1.29, 1.82) is 0 Å². The fraction of sp³-hybridized carbons (Fsp3) is 0.750. The predicted molar refractivity (Wildman–Crippen MR) is 76.7 cm³/mol. The number of nitrogen functional groups attached to an aromatic ring is 1. The van der Waals surface area contributed by atoms with Gasteiger partial charge in [0.05, 0.1) is 6.10 Å². The Labute approximate surface area is 118 Å². The van der Waals surface area contributed by atoms with E-state index in [0.717, 1.165) is 32.6 Å². The molecule has 1 atom stereocenters. The number of rotatable bonds is 4. The predicted octanol–water partition coefficient (Wildman–Crippen LogP) is -0.0175. The van der Waals surface area contributed by atoms with E-state index in [1.165, 1.54) is 12.8 Å². The molecule has 2 fully saturated rings. The minimum absolute atomic E-state index is 0.247. The number of ether oxygens (including phenoxy) is 1. The Hall–Kier alpha value is -1.67. The molecule has 8 nitrogen and oxygen atoms in total. The summed E-state index contributed by atoms with van der Waals surface area (Å²) < 4.78 is 5.39. The van der Waals surface area contributed by atoms with Gasteiger partial charge in [-0.25, -0.2) is 5.84 Å². The third-order valence-electron chi connectivity index (χ3n) is 3.89. The number of nitrogens with two attached hydrogens (primary N) is 1. The topological polar surface area (TPSA) is 92.4 Å². The lowest BCUT2D eigenvalue weighted by Gasteiger charge is -2.20. The molecule has 3 rings (SSSR count). The molecule has 0 saturated carbocycles. The van der Waals surface area contributed by atoms with Crippen LogP contribution in [0.2, 0.25) is 0 Å². The summed E-state index contributed by atoms with van der Waals surface area (Å²) in [6, 6.07) is 0. The Balaban J connectivity index is 1.84. The van der Waals surface area contributed by atoms with Crippen LogP contribution in [-0.4, -0.2) is 54.3 Å². The average molecular weight is 279 g/mol.